The van der Waals surface area contributed by atoms with Crippen LogP contribution < -0.4 is 0 Å². The third kappa shape index (κ3) is 6.58. The average molecular weight is 575 g/mol. The van der Waals surface area contributed by atoms with Crippen molar-refractivity contribution >= 4 is 22.6 Å². The molecule has 1 unspecified atom stereocenters. The van der Waals surface area contributed by atoms with Gasteiger partial charge in [-0.25, -0.2) is 9.97 Å². The van der Waals surface area contributed by atoms with E-state index in [0.29, 0.717) is 5.92 Å². The molecule has 0 spiro atoms. The van der Waals surface area contributed by atoms with Crippen LogP contribution in [0.2, 0.25) is 0 Å². The molecule has 35 heavy (non-hydrogen) atoms. The maximum atomic E-state index is 4.87. The molecule has 4 rings (SSSR count). The number of unbranched alkanes of at least 4 members (excludes halogenated alkanes) is 2. The Labute approximate surface area is 224 Å². The van der Waals surface area contributed by atoms with E-state index in [4.69, 9.17) is 9.97 Å². The van der Waals surface area contributed by atoms with Crippen molar-refractivity contribution in [3.05, 3.63) is 117 Å². The van der Waals surface area contributed by atoms with E-state index in [0.717, 1.165) is 30.7 Å². The summed E-state index contributed by atoms with van der Waals surface area (Å²) >= 11 is 2.43. The summed E-state index contributed by atoms with van der Waals surface area (Å²) in [5.74, 6) is 1.40. The standard InChI is InChI=1S/C32H35IN2/c1-3-5-8-14-24-19-20-29(30(33)21-24)32-34-22-27(23-35-32)28(13-4-2)31(25-15-9-6-10-16-25)26-17-11-7-12-18-26/h6-7,9-12,15-23,28,31H,3-5,8,13-14H2,1-2H3. The molecule has 3 aromatic carbocycles. The Bertz CT molecular complexity index is 1130. The predicted octanol–water partition coefficient (Wildman–Crippen LogP) is 9.20. The van der Waals surface area contributed by atoms with Crippen LogP contribution in [0.4, 0.5) is 0 Å². The summed E-state index contributed by atoms with van der Waals surface area (Å²) in [6.07, 6.45) is 11.3. The molecule has 0 aliphatic rings. The summed E-state index contributed by atoms with van der Waals surface area (Å²) in [5.41, 5.74) is 6.41. The van der Waals surface area contributed by atoms with E-state index in [1.165, 1.54) is 45.1 Å². The number of halogens is 1. The first-order chi connectivity index (χ1) is 17.2. The second kappa shape index (κ2) is 13.0. The highest BCUT2D eigenvalue weighted by molar-refractivity contribution is 14.1. The molecule has 3 heteroatoms. The summed E-state index contributed by atoms with van der Waals surface area (Å²) < 4.78 is 1.22. The highest BCUT2D eigenvalue weighted by Crippen LogP contribution is 2.41. The van der Waals surface area contributed by atoms with Crippen molar-refractivity contribution in [1.82, 2.24) is 9.97 Å². The van der Waals surface area contributed by atoms with Gasteiger partial charge in [0, 0.05) is 27.4 Å². The minimum atomic E-state index is 0.273. The molecule has 0 saturated heterocycles. The minimum absolute atomic E-state index is 0.273. The molecule has 180 valence electrons. The fraction of sp³-hybridized carbons (Fsp3) is 0.312. The maximum absolute atomic E-state index is 4.87. The van der Waals surface area contributed by atoms with Gasteiger partial charge >= 0.3 is 0 Å². The molecular formula is C32H35IN2. The van der Waals surface area contributed by atoms with Gasteiger partial charge in [-0.05, 0) is 82.2 Å². The van der Waals surface area contributed by atoms with Gasteiger partial charge in [0.25, 0.3) is 0 Å². The first-order valence-electron chi connectivity index (χ1n) is 12.9. The summed E-state index contributed by atoms with van der Waals surface area (Å²) in [6.45, 7) is 4.51. The Balaban J connectivity index is 1.64. The van der Waals surface area contributed by atoms with E-state index < -0.39 is 0 Å². The minimum Gasteiger partial charge on any atom is -0.236 e. The Morgan fingerprint density at radius 2 is 1.34 bits per heavy atom. The van der Waals surface area contributed by atoms with Crippen LogP contribution in [-0.2, 0) is 6.42 Å². The van der Waals surface area contributed by atoms with Gasteiger partial charge in [0.1, 0.15) is 0 Å². The molecule has 2 nitrogen and oxygen atoms in total. The van der Waals surface area contributed by atoms with E-state index in [1.807, 2.05) is 0 Å². The lowest BCUT2D eigenvalue weighted by Gasteiger charge is -2.28. The zero-order valence-electron chi connectivity index (χ0n) is 20.8. The molecular weight excluding hydrogens is 539 g/mol. The van der Waals surface area contributed by atoms with Crippen LogP contribution in [0.5, 0.6) is 0 Å². The van der Waals surface area contributed by atoms with E-state index in [1.54, 1.807) is 0 Å². The van der Waals surface area contributed by atoms with Crippen molar-refractivity contribution in [2.75, 3.05) is 0 Å². The normalized spacial score (nSPS) is 12.1. The zero-order valence-corrected chi connectivity index (χ0v) is 23.0. The number of hydrogen-bond donors (Lipinski definition) is 0. The van der Waals surface area contributed by atoms with Gasteiger partial charge in [-0.3, -0.25) is 0 Å². The molecule has 0 aliphatic carbocycles. The van der Waals surface area contributed by atoms with Gasteiger partial charge in [0.05, 0.1) is 0 Å². The van der Waals surface area contributed by atoms with Gasteiger partial charge in [0.15, 0.2) is 5.82 Å². The van der Waals surface area contributed by atoms with Gasteiger partial charge in [-0.15, -0.1) is 0 Å². The molecule has 4 aromatic rings. The third-order valence-electron chi connectivity index (χ3n) is 6.76. The number of benzene rings is 3. The van der Waals surface area contributed by atoms with E-state index in [2.05, 4.69) is 128 Å². The van der Waals surface area contributed by atoms with Crippen molar-refractivity contribution in [2.24, 2.45) is 0 Å². The molecule has 1 heterocycles. The molecule has 0 aliphatic heterocycles. The van der Waals surface area contributed by atoms with Gasteiger partial charge < -0.3 is 0 Å². The maximum Gasteiger partial charge on any atom is 0.160 e. The first kappa shape index (κ1) is 25.6. The number of nitrogens with zero attached hydrogens (tertiary/aromatic N) is 2. The first-order valence-corrected chi connectivity index (χ1v) is 14.0. The molecule has 0 fully saturated rings. The lowest BCUT2D eigenvalue weighted by atomic mass is 9.76. The fourth-order valence-corrected chi connectivity index (χ4v) is 5.78. The molecule has 0 N–H and O–H groups in total. The van der Waals surface area contributed by atoms with Gasteiger partial charge in [0.2, 0.25) is 0 Å². The van der Waals surface area contributed by atoms with Gasteiger partial charge in [-0.1, -0.05) is 99.8 Å². The van der Waals surface area contributed by atoms with Crippen LogP contribution in [0, 0.1) is 3.57 Å². The number of rotatable bonds is 11. The van der Waals surface area contributed by atoms with Crippen LogP contribution >= 0.6 is 22.6 Å². The van der Waals surface area contributed by atoms with Crippen molar-refractivity contribution in [3.63, 3.8) is 0 Å². The molecule has 0 bridgehead atoms. The summed E-state index contributed by atoms with van der Waals surface area (Å²) in [5, 5.41) is 0. The summed E-state index contributed by atoms with van der Waals surface area (Å²) in [6, 6.07) is 28.5. The highest BCUT2D eigenvalue weighted by Gasteiger charge is 2.26. The van der Waals surface area contributed by atoms with Crippen molar-refractivity contribution in [3.8, 4) is 11.4 Å². The molecule has 1 aromatic heterocycles. The van der Waals surface area contributed by atoms with Crippen LogP contribution in [0.3, 0.4) is 0 Å². The summed E-state index contributed by atoms with van der Waals surface area (Å²) in [7, 11) is 0. The zero-order chi connectivity index (χ0) is 24.5. The largest absolute Gasteiger partial charge is 0.236 e. The average Bonchev–Trinajstić information content (AvgIpc) is 2.90. The lowest BCUT2D eigenvalue weighted by molar-refractivity contribution is 0.547. The summed E-state index contributed by atoms with van der Waals surface area (Å²) in [4.78, 5) is 9.74. The van der Waals surface area contributed by atoms with Gasteiger partial charge in [-0.2, -0.15) is 0 Å². The fourth-order valence-electron chi connectivity index (χ4n) is 4.96. The van der Waals surface area contributed by atoms with Crippen molar-refractivity contribution in [2.45, 2.75) is 64.2 Å². The quantitative estimate of drug-likeness (QED) is 0.132. The third-order valence-corrected chi connectivity index (χ3v) is 7.66. The topological polar surface area (TPSA) is 25.8 Å². The van der Waals surface area contributed by atoms with Crippen LogP contribution in [0.25, 0.3) is 11.4 Å². The molecule has 0 saturated carbocycles. The van der Waals surface area contributed by atoms with E-state index in [-0.39, 0.29) is 5.92 Å². The van der Waals surface area contributed by atoms with E-state index >= 15 is 0 Å². The number of hydrogen-bond acceptors (Lipinski definition) is 2. The second-order valence-electron chi connectivity index (χ2n) is 9.31. The number of aromatic nitrogens is 2. The molecule has 0 amide bonds. The SMILES string of the molecule is CCCCCc1ccc(-c2ncc(C(CCC)C(c3ccccc3)c3ccccc3)cn2)c(I)c1. The van der Waals surface area contributed by atoms with Crippen LogP contribution in [-0.4, -0.2) is 9.97 Å². The van der Waals surface area contributed by atoms with Crippen LogP contribution in [0.1, 0.15) is 80.0 Å². The van der Waals surface area contributed by atoms with Crippen molar-refractivity contribution < 1.29 is 0 Å². The Morgan fingerprint density at radius 3 is 1.89 bits per heavy atom. The smallest absolute Gasteiger partial charge is 0.160 e. The predicted molar refractivity (Wildman–Crippen MR) is 156 cm³/mol. The second-order valence-corrected chi connectivity index (χ2v) is 10.5. The Kier molecular flexibility index (Phi) is 9.47. The monoisotopic (exact) mass is 574 g/mol. The van der Waals surface area contributed by atoms with Crippen molar-refractivity contribution in [1.29, 1.82) is 0 Å². The van der Waals surface area contributed by atoms with Crippen LogP contribution in [0.15, 0.2) is 91.3 Å². The highest BCUT2D eigenvalue weighted by atomic mass is 127. The Morgan fingerprint density at radius 1 is 0.714 bits per heavy atom. The lowest BCUT2D eigenvalue weighted by Crippen LogP contribution is -2.14. The Hall–Kier alpha value is -2.53. The number of aryl methyl sites for hydroxylation is 1. The molecule has 0 radical (unpaired) electrons. The molecule has 1 atom stereocenters. The van der Waals surface area contributed by atoms with E-state index in [9.17, 15) is 0 Å².